The second-order valence-electron chi connectivity index (χ2n) is 3.83. The van der Waals surface area contributed by atoms with Gasteiger partial charge in [-0.05, 0) is 26.0 Å². The summed E-state index contributed by atoms with van der Waals surface area (Å²) < 4.78 is 0. The van der Waals surface area contributed by atoms with Crippen LogP contribution in [-0.2, 0) is 4.79 Å². The van der Waals surface area contributed by atoms with E-state index in [1.165, 1.54) is 0 Å². The minimum absolute atomic E-state index is 0.105. The van der Waals surface area contributed by atoms with Crippen LogP contribution in [0, 0.1) is 0 Å². The van der Waals surface area contributed by atoms with Gasteiger partial charge in [-0.15, -0.1) is 0 Å². The zero-order chi connectivity index (χ0) is 12.0. The Labute approximate surface area is 95.7 Å². The lowest BCUT2D eigenvalue weighted by atomic mass is 10.2. The first-order valence-corrected chi connectivity index (χ1v) is 5.37. The van der Waals surface area contributed by atoms with Crippen LogP contribution >= 0.6 is 0 Å². The van der Waals surface area contributed by atoms with Crippen LogP contribution in [-0.4, -0.2) is 29.7 Å². The fraction of sp³-hybridized carbons (Fsp3) is 0.417. The van der Waals surface area contributed by atoms with Crippen molar-refractivity contribution in [3.8, 4) is 0 Å². The lowest BCUT2D eigenvalue weighted by Crippen LogP contribution is -2.41. The van der Waals surface area contributed by atoms with E-state index < -0.39 is 6.10 Å². The molecule has 16 heavy (non-hydrogen) atoms. The molecule has 88 valence electrons. The first-order chi connectivity index (χ1) is 7.59. The molecule has 0 saturated carbocycles. The molecule has 1 amide bonds. The van der Waals surface area contributed by atoms with Crippen LogP contribution in [0.15, 0.2) is 30.3 Å². The van der Waals surface area contributed by atoms with E-state index in [1.54, 1.807) is 13.8 Å². The normalized spacial score (nSPS) is 14.2. The van der Waals surface area contributed by atoms with Gasteiger partial charge in [0.15, 0.2) is 0 Å². The van der Waals surface area contributed by atoms with E-state index in [0.717, 1.165) is 5.69 Å². The van der Waals surface area contributed by atoms with Crippen molar-refractivity contribution in [2.75, 3.05) is 11.9 Å². The zero-order valence-electron chi connectivity index (χ0n) is 9.60. The van der Waals surface area contributed by atoms with E-state index in [4.69, 9.17) is 5.11 Å². The fourth-order valence-electron chi connectivity index (χ4n) is 1.21. The van der Waals surface area contributed by atoms with E-state index in [9.17, 15) is 4.79 Å². The highest BCUT2D eigenvalue weighted by atomic mass is 16.3. The minimum Gasteiger partial charge on any atom is -0.392 e. The van der Waals surface area contributed by atoms with Crippen molar-refractivity contribution in [3.63, 3.8) is 0 Å². The molecule has 0 heterocycles. The van der Waals surface area contributed by atoms with Crippen molar-refractivity contribution < 1.29 is 9.90 Å². The highest BCUT2D eigenvalue weighted by Crippen LogP contribution is 2.05. The minimum atomic E-state index is -0.452. The highest BCUT2D eigenvalue weighted by Gasteiger charge is 2.12. The van der Waals surface area contributed by atoms with E-state index in [-0.39, 0.29) is 11.9 Å². The number of benzene rings is 1. The Morgan fingerprint density at radius 3 is 2.50 bits per heavy atom. The molecule has 0 saturated heterocycles. The topological polar surface area (TPSA) is 61.4 Å². The number of aliphatic hydroxyl groups excluding tert-OH is 1. The molecule has 4 heteroatoms. The van der Waals surface area contributed by atoms with Crippen LogP contribution in [0.5, 0.6) is 0 Å². The first-order valence-electron chi connectivity index (χ1n) is 5.37. The maximum Gasteiger partial charge on any atom is 0.241 e. The number of carbonyl (C=O) groups excluding carboxylic acids is 1. The van der Waals surface area contributed by atoms with Gasteiger partial charge in [-0.1, -0.05) is 18.2 Å². The van der Waals surface area contributed by atoms with Crippen molar-refractivity contribution in [3.05, 3.63) is 30.3 Å². The van der Waals surface area contributed by atoms with Crippen molar-refractivity contribution in [2.45, 2.75) is 26.0 Å². The summed E-state index contributed by atoms with van der Waals surface area (Å²) in [5.74, 6) is -0.105. The van der Waals surface area contributed by atoms with E-state index in [2.05, 4.69) is 10.6 Å². The van der Waals surface area contributed by atoms with Crippen molar-refractivity contribution in [1.29, 1.82) is 0 Å². The number of nitrogens with one attached hydrogen (secondary N) is 2. The summed E-state index contributed by atoms with van der Waals surface area (Å²) in [5, 5.41) is 14.8. The van der Waals surface area contributed by atoms with E-state index in [1.807, 2.05) is 30.3 Å². The number of carbonyl (C=O) groups is 1. The molecule has 0 aliphatic rings. The molecule has 0 aromatic heterocycles. The number of hydrogen-bond acceptors (Lipinski definition) is 3. The third-order valence-corrected chi connectivity index (χ3v) is 2.15. The lowest BCUT2D eigenvalue weighted by molar-refractivity contribution is -0.117. The summed E-state index contributed by atoms with van der Waals surface area (Å²) in [6.45, 7) is 3.85. The summed E-state index contributed by atoms with van der Waals surface area (Å²) in [7, 11) is 0. The molecule has 4 nitrogen and oxygen atoms in total. The predicted octanol–water partition coefficient (Wildman–Crippen LogP) is 0.984. The van der Waals surface area contributed by atoms with E-state index in [0.29, 0.717) is 6.54 Å². The molecular formula is C12H18N2O2. The van der Waals surface area contributed by atoms with Gasteiger partial charge in [0, 0.05) is 12.2 Å². The third-order valence-electron chi connectivity index (χ3n) is 2.15. The van der Waals surface area contributed by atoms with Crippen LogP contribution < -0.4 is 10.6 Å². The van der Waals surface area contributed by atoms with Gasteiger partial charge in [0.1, 0.15) is 0 Å². The fourth-order valence-corrected chi connectivity index (χ4v) is 1.21. The molecule has 0 fully saturated rings. The van der Waals surface area contributed by atoms with Crippen LogP contribution in [0.4, 0.5) is 5.69 Å². The third kappa shape index (κ3) is 4.42. The first kappa shape index (κ1) is 12.7. The van der Waals surface area contributed by atoms with Gasteiger partial charge in [-0.2, -0.15) is 0 Å². The summed E-state index contributed by atoms with van der Waals surface area (Å²) in [5.41, 5.74) is 0.776. The highest BCUT2D eigenvalue weighted by molar-refractivity contribution is 5.94. The average molecular weight is 222 g/mol. The van der Waals surface area contributed by atoms with Crippen LogP contribution in [0.1, 0.15) is 13.8 Å². The smallest absolute Gasteiger partial charge is 0.241 e. The molecule has 2 atom stereocenters. The van der Waals surface area contributed by atoms with Gasteiger partial charge in [0.25, 0.3) is 0 Å². The SMILES string of the molecule is CC(O)CNC(C)C(=O)Nc1ccccc1. The van der Waals surface area contributed by atoms with Crippen LogP contribution in [0.2, 0.25) is 0 Å². The molecule has 0 aliphatic carbocycles. The molecule has 0 spiro atoms. The van der Waals surface area contributed by atoms with E-state index >= 15 is 0 Å². The quantitative estimate of drug-likeness (QED) is 0.696. The number of hydrogen-bond donors (Lipinski definition) is 3. The summed E-state index contributed by atoms with van der Waals surface area (Å²) in [6, 6.07) is 8.96. The zero-order valence-corrected chi connectivity index (χ0v) is 9.60. The predicted molar refractivity (Wildman–Crippen MR) is 64.2 cm³/mol. The number of rotatable bonds is 5. The average Bonchev–Trinajstić information content (AvgIpc) is 2.27. The Hall–Kier alpha value is -1.39. The molecule has 2 unspecified atom stereocenters. The molecule has 0 aliphatic heterocycles. The Morgan fingerprint density at radius 2 is 1.94 bits per heavy atom. The van der Waals surface area contributed by atoms with Gasteiger partial charge >= 0.3 is 0 Å². The molecule has 0 radical (unpaired) electrons. The van der Waals surface area contributed by atoms with Crippen LogP contribution in [0.25, 0.3) is 0 Å². The van der Waals surface area contributed by atoms with Gasteiger partial charge in [0.05, 0.1) is 12.1 Å². The monoisotopic (exact) mass is 222 g/mol. The number of amides is 1. The van der Waals surface area contributed by atoms with Crippen molar-refractivity contribution >= 4 is 11.6 Å². The second-order valence-corrected chi connectivity index (χ2v) is 3.83. The Morgan fingerprint density at radius 1 is 1.31 bits per heavy atom. The van der Waals surface area contributed by atoms with Gasteiger partial charge in [-0.25, -0.2) is 0 Å². The van der Waals surface area contributed by atoms with Gasteiger partial charge < -0.3 is 15.7 Å². The molecule has 1 rings (SSSR count). The second kappa shape index (κ2) is 6.25. The largest absolute Gasteiger partial charge is 0.392 e. The number of para-hydroxylation sites is 1. The number of anilines is 1. The Kier molecular flexibility index (Phi) is 4.95. The molecular weight excluding hydrogens is 204 g/mol. The summed E-state index contributed by atoms with van der Waals surface area (Å²) in [4.78, 5) is 11.7. The molecule has 3 N–H and O–H groups in total. The van der Waals surface area contributed by atoms with Gasteiger partial charge in [0.2, 0.25) is 5.91 Å². The number of aliphatic hydroxyl groups is 1. The molecule has 1 aromatic carbocycles. The standard InChI is InChI=1S/C12H18N2O2/c1-9(15)8-13-10(2)12(16)14-11-6-4-3-5-7-11/h3-7,9-10,13,15H,8H2,1-2H3,(H,14,16). The maximum absolute atomic E-state index is 11.7. The van der Waals surface area contributed by atoms with Gasteiger partial charge in [-0.3, -0.25) is 4.79 Å². The Balaban J connectivity index is 2.40. The molecule has 0 bridgehead atoms. The summed E-state index contributed by atoms with van der Waals surface area (Å²) >= 11 is 0. The maximum atomic E-state index is 11.7. The Bertz CT molecular complexity index is 325. The lowest BCUT2D eigenvalue weighted by Gasteiger charge is -2.14. The van der Waals surface area contributed by atoms with Crippen molar-refractivity contribution in [1.82, 2.24) is 5.32 Å². The van der Waals surface area contributed by atoms with Crippen molar-refractivity contribution in [2.24, 2.45) is 0 Å². The van der Waals surface area contributed by atoms with Crippen LogP contribution in [0.3, 0.4) is 0 Å². The molecule has 1 aromatic rings. The summed E-state index contributed by atoms with van der Waals surface area (Å²) in [6.07, 6.45) is -0.452.